The van der Waals surface area contributed by atoms with Crippen LogP contribution in [0.4, 0.5) is 0 Å². The molecule has 0 aliphatic rings. The maximum absolute atomic E-state index is 2.30. The van der Waals surface area contributed by atoms with Gasteiger partial charge in [0.2, 0.25) is 0 Å². The molecule has 1 atom stereocenters. The van der Waals surface area contributed by atoms with Crippen molar-refractivity contribution in [3.05, 3.63) is 0 Å². The van der Waals surface area contributed by atoms with Crippen molar-refractivity contribution < 1.29 is 0 Å². The summed E-state index contributed by atoms with van der Waals surface area (Å²) in [6, 6.07) is 0. The molecule has 0 rings (SSSR count). The molecular weight excluding hydrogens is 81.7 g/mol. The van der Waals surface area contributed by atoms with Gasteiger partial charge in [0.1, 0.15) is 0 Å². The highest BCUT2D eigenvalue weighted by Gasteiger charge is 2.01. The maximum Gasteiger partial charge on any atom is 0.0960 e. The molecule has 0 nitrogen and oxygen atoms in total. The van der Waals surface area contributed by atoms with Crippen LogP contribution in [0.1, 0.15) is 20.3 Å². The highest BCUT2D eigenvalue weighted by atomic mass is 14.0. The zero-order valence-electron chi connectivity index (χ0n) is 5.86. The third-order valence-corrected chi connectivity index (χ3v) is 1.78. The smallest absolute Gasteiger partial charge is 0.0934 e. The van der Waals surface area contributed by atoms with Crippen molar-refractivity contribution in [2.75, 3.05) is 0 Å². The summed E-state index contributed by atoms with van der Waals surface area (Å²) in [7, 11) is 4.54. The quantitative estimate of drug-likeness (QED) is 0.426. The molecule has 7 heavy (non-hydrogen) atoms. The normalized spacial score (nSPS) is 14.7. The largest absolute Gasteiger partial charge is 0.0960 e. The molecule has 0 aromatic rings. The van der Waals surface area contributed by atoms with Crippen molar-refractivity contribution in [2.45, 2.75) is 26.0 Å². The van der Waals surface area contributed by atoms with E-state index in [1.807, 2.05) is 0 Å². The Bertz CT molecular complexity index is 43.3. The van der Waals surface area contributed by atoms with Crippen molar-refractivity contribution >= 4 is 15.7 Å². The molecule has 2 heteroatoms. The second-order valence-electron chi connectivity index (χ2n) is 2.63. The minimum Gasteiger partial charge on any atom is -0.0934 e. The topological polar surface area (TPSA) is 0 Å². The average Bonchev–Trinajstić information content (AvgIpc) is 1.65. The Kier molecular flexibility index (Phi) is 3.23. The SMILES string of the molecule is BC(B)C(C)CC. The van der Waals surface area contributed by atoms with Crippen molar-refractivity contribution in [1.29, 1.82) is 0 Å². The van der Waals surface area contributed by atoms with E-state index in [2.05, 4.69) is 29.5 Å². The zero-order valence-corrected chi connectivity index (χ0v) is 5.86. The molecule has 0 aliphatic heterocycles. The average molecular weight is 95.8 g/mol. The van der Waals surface area contributed by atoms with Crippen molar-refractivity contribution in [3.8, 4) is 0 Å². The van der Waals surface area contributed by atoms with E-state index in [0.717, 1.165) is 11.6 Å². The molecule has 0 aromatic carbocycles. The fraction of sp³-hybridized carbons (Fsp3) is 1.00. The summed E-state index contributed by atoms with van der Waals surface area (Å²) >= 11 is 0. The Morgan fingerprint density at radius 1 is 1.43 bits per heavy atom. The zero-order chi connectivity index (χ0) is 5.86. The standard InChI is InChI=1S/C5H14B2/c1-3-4(2)5(6)7/h4-5H,3,6-7H2,1-2H3. The minimum atomic E-state index is 0.866. The fourth-order valence-corrected chi connectivity index (χ4v) is 0.471. The first-order valence-corrected chi connectivity index (χ1v) is 3.18. The van der Waals surface area contributed by atoms with Gasteiger partial charge >= 0.3 is 0 Å². The molecule has 0 saturated carbocycles. The third kappa shape index (κ3) is 2.78. The summed E-state index contributed by atoms with van der Waals surface area (Å²) in [6.07, 6.45) is 1.32. The number of hydrogen-bond donors (Lipinski definition) is 0. The lowest BCUT2D eigenvalue weighted by Gasteiger charge is -2.10. The van der Waals surface area contributed by atoms with Crippen molar-refractivity contribution in [3.63, 3.8) is 0 Å². The highest BCUT2D eigenvalue weighted by Crippen LogP contribution is 2.11. The van der Waals surface area contributed by atoms with Gasteiger partial charge in [-0.05, 0) is 0 Å². The van der Waals surface area contributed by atoms with Crippen LogP contribution < -0.4 is 0 Å². The Labute approximate surface area is 48.5 Å². The summed E-state index contributed by atoms with van der Waals surface area (Å²) < 4.78 is 0. The van der Waals surface area contributed by atoms with Crippen LogP contribution in [-0.4, -0.2) is 15.7 Å². The predicted molar refractivity (Wildman–Crippen MR) is 40.3 cm³/mol. The van der Waals surface area contributed by atoms with E-state index >= 15 is 0 Å². The Morgan fingerprint density at radius 3 is 1.86 bits per heavy atom. The van der Waals surface area contributed by atoms with Gasteiger partial charge < -0.3 is 0 Å². The summed E-state index contributed by atoms with van der Waals surface area (Å²) in [5.74, 6) is 0.903. The molecule has 0 N–H and O–H groups in total. The van der Waals surface area contributed by atoms with Crippen LogP contribution in [0.25, 0.3) is 0 Å². The lowest BCUT2D eigenvalue weighted by Crippen LogP contribution is -2.02. The lowest BCUT2D eigenvalue weighted by molar-refractivity contribution is 0.599. The van der Waals surface area contributed by atoms with Gasteiger partial charge in [0, 0.05) is 0 Å². The molecule has 0 aliphatic carbocycles. The molecule has 0 bridgehead atoms. The Hall–Kier alpha value is 0.130. The van der Waals surface area contributed by atoms with E-state index in [0.29, 0.717) is 0 Å². The van der Waals surface area contributed by atoms with Crippen LogP contribution in [0.15, 0.2) is 0 Å². The van der Waals surface area contributed by atoms with E-state index in [4.69, 9.17) is 0 Å². The monoisotopic (exact) mass is 96.1 g/mol. The molecule has 40 valence electrons. The van der Waals surface area contributed by atoms with Crippen molar-refractivity contribution in [1.82, 2.24) is 0 Å². The molecular formula is C5H14B2. The number of hydrogen-bond acceptors (Lipinski definition) is 0. The first-order valence-electron chi connectivity index (χ1n) is 3.18. The summed E-state index contributed by atoms with van der Waals surface area (Å²) in [4.78, 5) is 0. The number of rotatable bonds is 2. The van der Waals surface area contributed by atoms with Crippen LogP contribution in [0.5, 0.6) is 0 Å². The lowest BCUT2D eigenvalue weighted by atomic mass is 9.63. The second-order valence-corrected chi connectivity index (χ2v) is 2.63. The molecule has 0 aromatic heterocycles. The molecule has 1 unspecified atom stereocenters. The van der Waals surface area contributed by atoms with Gasteiger partial charge in [-0.3, -0.25) is 0 Å². The fourth-order valence-electron chi connectivity index (χ4n) is 0.471. The third-order valence-electron chi connectivity index (χ3n) is 1.78. The van der Waals surface area contributed by atoms with E-state index in [-0.39, 0.29) is 0 Å². The van der Waals surface area contributed by atoms with E-state index in [1.54, 1.807) is 0 Å². The van der Waals surface area contributed by atoms with Gasteiger partial charge in [-0.1, -0.05) is 31.9 Å². The first-order chi connectivity index (χ1) is 3.18. The summed E-state index contributed by atoms with van der Waals surface area (Å²) in [5, 5.41) is 0. The molecule has 0 saturated heterocycles. The first kappa shape index (κ1) is 7.13. The van der Waals surface area contributed by atoms with Crippen molar-refractivity contribution in [2.24, 2.45) is 5.92 Å². The molecule has 0 heterocycles. The molecule has 0 spiro atoms. The van der Waals surface area contributed by atoms with Gasteiger partial charge in [-0.25, -0.2) is 0 Å². The van der Waals surface area contributed by atoms with Crippen LogP contribution in [0.2, 0.25) is 5.72 Å². The van der Waals surface area contributed by atoms with Crippen LogP contribution in [0.3, 0.4) is 0 Å². The van der Waals surface area contributed by atoms with E-state index in [9.17, 15) is 0 Å². The van der Waals surface area contributed by atoms with Gasteiger partial charge in [0.05, 0.1) is 15.7 Å². The van der Waals surface area contributed by atoms with Crippen LogP contribution in [-0.2, 0) is 0 Å². The van der Waals surface area contributed by atoms with Gasteiger partial charge in [0.25, 0.3) is 0 Å². The predicted octanol–water partition coefficient (Wildman–Crippen LogP) is 0.0447. The molecule has 0 fully saturated rings. The van der Waals surface area contributed by atoms with Gasteiger partial charge in [-0.2, -0.15) is 0 Å². The summed E-state index contributed by atoms with van der Waals surface area (Å²) in [5.41, 5.74) is 0.866. The Morgan fingerprint density at radius 2 is 1.86 bits per heavy atom. The van der Waals surface area contributed by atoms with Gasteiger partial charge in [0.15, 0.2) is 0 Å². The second kappa shape index (κ2) is 3.17. The molecule has 0 radical (unpaired) electrons. The summed E-state index contributed by atoms with van der Waals surface area (Å²) in [6.45, 7) is 4.54. The Balaban J connectivity index is 3.14. The highest BCUT2D eigenvalue weighted by molar-refractivity contribution is 6.35. The van der Waals surface area contributed by atoms with Gasteiger partial charge in [-0.15, -0.1) is 0 Å². The minimum absolute atomic E-state index is 0.866. The maximum atomic E-state index is 2.30. The van der Waals surface area contributed by atoms with E-state index in [1.165, 1.54) is 6.42 Å². The molecule has 0 amide bonds. The van der Waals surface area contributed by atoms with Crippen LogP contribution >= 0.6 is 0 Å². The van der Waals surface area contributed by atoms with E-state index < -0.39 is 0 Å². The van der Waals surface area contributed by atoms with Crippen LogP contribution in [0, 0.1) is 5.92 Å².